The highest BCUT2D eigenvalue weighted by Crippen LogP contribution is 2.34. The van der Waals surface area contributed by atoms with Crippen LogP contribution in [0.3, 0.4) is 0 Å². The summed E-state index contributed by atoms with van der Waals surface area (Å²) in [5.74, 6) is 0.921. The van der Waals surface area contributed by atoms with Crippen molar-refractivity contribution in [2.24, 2.45) is 5.73 Å². The van der Waals surface area contributed by atoms with E-state index in [0.29, 0.717) is 0 Å². The number of fused-ring (bicyclic) bond motifs is 1. The lowest BCUT2D eigenvalue weighted by Crippen LogP contribution is -2.32. The second kappa shape index (κ2) is 5.85. The van der Waals surface area contributed by atoms with E-state index in [0.717, 1.165) is 49.2 Å². The van der Waals surface area contributed by atoms with Gasteiger partial charge in [0.1, 0.15) is 5.75 Å². The monoisotopic (exact) mass is 298 g/mol. The van der Waals surface area contributed by atoms with Crippen LogP contribution in [0, 0.1) is 0 Å². The van der Waals surface area contributed by atoms with Crippen LogP contribution in [0.2, 0.25) is 0 Å². The average molecular weight is 299 g/mol. The quantitative estimate of drug-likeness (QED) is 0.926. The second-order valence-corrected chi connectivity index (χ2v) is 5.18. The minimum Gasteiger partial charge on any atom is -0.496 e. The Morgan fingerprint density at radius 2 is 2.29 bits per heavy atom. The fourth-order valence-electron chi connectivity index (χ4n) is 2.29. The maximum atomic E-state index is 5.56. The maximum Gasteiger partial charge on any atom is 0.133 e. The Morgan fingerprint density at radius 3 is 3.00 bits per heavy atom. The van der Waals surface area contributed by atoms with Crippen molar-refractivity contribution < 1.29 is 4.74 Å². The number of hydrogen-bond donors (Lipinski definition) is 1. The van der Waals surface area contributed by atoms with Crippen LogP contribution in [0.15, 0.2) is 16.6 Å². The van der Waals surface area contributed by atoms with Crippen LogP contribution in [-0.2, 0) is 13.0 Å². The molecule has 1 aliphatic rings. The summed E-state index contributed by atoms with van der Waals surface area (Å²) in [4.78, 5) is 2.46. The molecule has 0 saturated carbocycles. The molecule has 17 heavy (non-hydrogen) atoms. The maximum absolute atomic E-state index is 5.56. The molecule has 3 nitrogen and oxygen atoms in total. The third-order valence-corrected chi connectivity index (χ3v) is 4.15. The van der Waals surface area contributed by atoms with Crippen LogP contribution >= 0.6 is 15.9 Å². The minimum atomic E-state index is 0.767. The third kappa shape index (κ3) is 2.81. The molecule has 1 aromatic carbocycles. The molecule has 2 N–H and O–H groups in total. The van der Waals surface area contributed by atoms with E-state index < -0.39 is 0 Å². The van der Waals surface area contributed by atoms with Gasteiger partial charge in [-0.1, -0.05) is 6.07 Å². The van der Waals surface area contributed by atoms with E-state index in [9.17, 15) is 0 Å². The molecule has 0 fully saturated rings. The lowest BCUT2D eigenvalue weighted by molar-refractivity contribution is 0.251. The predicted molar refractivity (Wildman–Crippen MR) is 73.3 cm³/mol. The van der Waals surface area contributed by atoms with Gasteiger partial charge < -0.3 is 10.5 Å². The number of halogens is 1. The van der Waals surface area contributed by atoms with Crippen molar-refractivity contribution in [2.75, 3.05) is 26.7 Å². The van der Waals surface area contributed by atoms with Gasteiger partial charge in [0.15, 0.2) is 0 Å². The molecule has 4 heteroatoms. The first-order valence-corrected chi connectivity index (χ1v) is 6.82. The molecule has 0 unspecified atom stereocenters. The number of ether oxygens (including phenoxy) is 1. The number of hydrogen-bond acceptors (Lipinski definition) is 3. The Bertz CT molecular complexity index is 395. The topological polar surface area (TPSA) is 38.5 Å². The summed E-state index contributed by atoms with van der Waals surface area (Å²) >= 11 is 3.65. The van der Waals surface area contributed by atoms with Gasteiger partial charge in [-0.05, 0) is 59.1 Å². The van der Waals surface area contributed by atoms with Gasteiger partial charge in [0, 0.05) is 13.1 Å². The van der Waals surface area contributed by atoms with Crippen LogP contribution < -0.4 is 10.5 Å². The summed E-state index contributed by atoms with van der Waals surface area (Å²) in [5.41, 5.74) is 8.36. The van der Waals surface area contributed by atoms with Crippen LogP contribution in [0.25, 0.3) is 0 Å². The fourth-order valence-corrected chi connectivity index (χ4v) is 2.96. The van der Waals surface area contributed by atoms with Gasteiger partial charge in [-0.15, -0.1) is 0 Å². The Balaban J connectivity index is 2.17. The van der Waals surface area contributed by atoms with Gasteiger partial charge in [0.25, 0.3) is 0 Å². The first kappa shape index (κ1) is 12.9. The molecule has 1 heterocycles. The molecule has 1 aromatic rings. The smallest absolute Gasteiger partial charge is 0.133 e. The van der Waals surface area contributed by atoms with Crippen LogP contribution in [0.1, 0.15) is 17.5 Å². The van der Waals surface area contributed by atoms with E-state index in [1.807, 2.05) is 6.07 Å². The van der Waals surface area contributed by atoms with Crippen LogP contribution in [0.5, 0.6) is 5.75 Å². The largest absolute Gasteiger partial charge is 0.496 e. The zero-order chi connectivity index (χ0) is 12.3. The molecule has 0 atom stereocenters. The van der Waals surface area contributed by atoms with E-state index >= 15 is 0 Å². The zero-order valence-corrected chi connectivity index (χ0v) is 11.8. The number of rotatable bonds is 4. The molecular weight excluding hydrogens is 280 g/mol. The molecule has 0 saturated heterocycles. The first-order valence-electron chi connectivity index (χ1n) is 6.03. The standard InChI is InChI=1S/C13H19BrN2O/c1-17-12-4-3-10-5-8-16(7-2-6-15)9-11(10)13(12)14/h3-4H,2,5-9,15H2,1H3. The first-order chi connectivity index (χ1) is 8.26. The number of nitrogens with zero attached hydrogens (tertiary/aromatic N) is 1. The number of nitrogens with two attached hydrogens (primary N) is 1. The Hall–Kier alpha value is -0.580. The van der Waals surface area contributed by atoms with Crippen LogP contribution in [-0.4, -0.2) is 31.6 Å². The van der Waals surface area contributed by atoms with Crippen LogP contribution in [0.4, 0.5) is 0 Å². The molecule has 2 rings (SSSR count). The van der Waals surface area contributed by atoms with Gasteiger partial charge >= 0.3 is 0 Å². The summed E-state index contributed by atoms with van der Waals surface area (Å²) in [6, 6.07) is 4.22. The van der Waals surface area contributed by atoms with E-state index in [2.05, 4.69) is 26.9 Å². The SMILES string of the molecule is COc1ccc2c(c1Br)CN(CCCN)CC2. The molecule has 0 aliphatic carbocycles. The van der Waals surface area contributed by atoms with Crippen molar-refractivity contribution in [3.8, 4) is 5.75 Å². The molecule has 1 aliphatic heterocycles. The summed E-state index contributed by atoms with van der Waals surface area (Å²) in [6.07, 6.45) is 2.18. The summed E-state index contributed by atoms with van der Waals surface area (Å²) < 4.78 is 6.45. The molecule has 0 amide bonds. The van der Waals surface area contributed by atoms with Crippen molar-refractivity contribution in [3.05, 3.63) is 27.7 Å². The molecule has 94 valence electrons. The van der Waals surface area contributed by atoms with Gasteiger partial charge in [-0.25, -0.2) is 0 Å². The van der Waals surface area contributed by atoms with Crippen molar-refractivity contribution in [1.82, 2.24) is 4.90 Å². The molecule has 0 spiro atoms. The van der Waals surface area contributed by atoms with Gasteiger partial charge in [-0.3, -0.25) is 4.90 Å². The number of methoxy groups -OCH3 is 1. The minimum absolute atomic E-state index is 0.767. The lowest BCUT2D eigenvalue weighted by Gasteiger charge is -2.29. The van der Waals surface area contributed by atoms with Crippen molar-refractivity contribution in [3.63, 3.8) is 0 Å². The van der Waals surface area contributed by atoms with Crippen molar-refractivity contribution >= 4 is 15.9 Å². The highest BCUT2D eigenvalue weighted by atomic mass is 79.9. The highest BCUT2D eigenvalue weighted by molar-refractivity contribution is 9.10. The Kier molecular flexibility index (Phi) is 4.42. The molecule has 0 bridgehead atoms. The number of benzene rings is 1. The highest BCUT2D eigenvalue weighted by Gasteiger charge is 2.19. The van der Waals surface area contributed by atoms with Gasteiger partial charge in [0.05, 0.1) is 11.6 Å². The van der Waals surface area contributed by atoms with E-state index in [1.54, 1.807) is 7.11 Å². The fraction of sp³-hybridized carbons (Fsp3) is 0.538. The van der Waals surface area contributed by atoms with Crippen molar-refractivity contribution in [2.45, 2.75) is 19.4 Å². The van der Waals surface area contributed by atoms with Crippen molar-refractivity contribution in [1.29, 1.82) is 0 Å². The Morgan fingerprint density at radius 1 is 1.47 bits per heavy atom. The summed E-state index contributed by atoms with van der Waals surface area (Å²) in [7, 11) is 1.71. The lowest BCUT2D eigenvalue weighted by atomic mass is 9.99. The predicted octanol–water partition coefficient (Wildman–Crippen LogP) is 2.16. The van der Waals surface area contributed by atoms with E-state index in [-0.39, 0.29) is 0 Å². The van der Waals surface area contributed by atoms with Gasteiger partial charge in [0.2, 0.25) is 0 Å². The van der Waals surface area contributed by atoms with E-state index in [1.165, 1.54) is 11.1 Å². The average Bonchev–Trinajstić information content (AvgIpc) is 2.37. The third-order valence-electron chi connectivity index (χ3n) is 3.28. The Labute approximate surface area is 111 Å². The molecular formula is C13H19BrN2O. The second-order valence-electron chi connectivity index (χ2n) is 4.39. The zero-order valence-electron chi connectivity index (χ0n) is 10.2. The summed E-state index contributed by atoms with van der Waals surface area (Å²) in [5, 5.41) is 0. The summed E-state index contributed by atoms with van der Waals surface area (Å²) in [6.45, 7) is 3.97. The normalized spacial score (nSPS) is 15.7. The molecule has 0 radical (unpaired) electrons. The van der Waals surface area contributed by atoms with E-state index in [4.69, 9.17) is 10.5 Å². The molecule has 0 aromatic heterocycles. The van der Waals surface area contributed by atoms with Gasteiger partial charge in [-0.2, -0.15) is 0 Å².